The monoisotopic (exact) mass is 354 g/mol. The van der Waals surface area contributed by atoms with Crippen molar-refractivity contribution in [1.82, 2.24) is 4.90 Å². The topological polar surface area (TPSA) is 63.5 Å². The molecule has 1 amide bonds. The third-order valence-electron chi connectivity index (χ3n) is 2.69. The van der Waals surface area contributed by atoms with Crippen LogP contribution in [0.15, 0.2) is 40.9 Å². The summed E-state index contributed by atoms with van der Waals surface area (Å²) in [6, 6.07) is 10.5. The summed E-state index contributed by atoms with van der Waals surface area (Å²) in [6.07, 6.45) is 0. The number of carbonyl (C=O) groups is 1. The van der Waals surface area contributed by atoms with Gasteiger partial charge in [-0.15, -0.1) is 0 Å². The molecule has 20 heavy (non-hydrogen) atoms. The Morgan fingerprint density at radius 3 is 2.65 bits per heavy atom. The fourth-order valence-corrected chi connectivity index (χ4v) is 2.91. The van der Waals surface area contributed by atoms with Gasteiger partial charge in [-0.2, -0.15) is 0 Å². The Hall–Kier alpha value is -1.73. The summed E-state index contributed by atoms with van der Waals surface area (Å²) >= 11 is 4.32. The molecule has 0 N–H and O–H groups in total. The lowest BCUT2D eigenvalue weighted by atomic mass is 10.2. The molecule has 0 bridgehead atoms. The number of thiophene rings is 1. The van der Waals surface area contributed by atoms with Crippen molar-refractivity contribution in [3.05, 3.63) is 61.4 Å². The number of carbonyl (C=O) groups excluding carboxylic acids is 1. The van der Waals surface area contributed by atoms with E-state index < -0.39 is 4.92 Å². The van der Waals surface area contributed by atoms with E-state index in [4.69, 9.17) is 0 Å². The lowest BCUT2D eigenvalue weighted by Crippen LogP contribution is -2.25. The van der Waals surface area contributed by atoms with Gasteiger partial charge in [-0.05, 0) is 17.7 Å². The van der Waals surface area contributed by atoms with Crippen LogP contribution in [0.4, 0.5) is 5.00 Å². The van der Waals surface area contributed by atoms with Gasteiger partial charge in [0.25, 0.3) is 5.91 Å². The maximum Gasteiger partial charge on any atom is 0.324 e. The third-order valence-corrected chi connectivity index (χ3v) is 4.49. The van der Waals surface area contributed by atoms with Crippen molar-refractivity contribution in [3.63, 3.8) is 0 Å². The van der Waals surface area contributed by atoms with Crippen LogP contribution in [0.2, 0.25) is 0 Å². The molecule has 0 atom stereocenters. The Kier molecular flexibility index (Phi) is 4.51. The first-order chi connectivity index (χ1) is 9.49. The smallest absolute Gasteiger partial charge is 0.324 e. The fourth-order valence-electron chi connectivity index (χ4n) is 1.68. The molecule has 2 rings (SSSR count). The predicted molar refractivity (Wildman–Crippen MR) is 80.9 cm³/mol. The van der Waals surface area contributed by atoms with E-state index >= 15 is 0 Å². The van der Waals surface area contributed by atoms with E-state index in [1.165, 1.54) is 17.0 Å². The first-order valence-corrected chi connectivity index (χ1v) is 7.33. The van der Waals surface area contributed by atoms with Crippen molar-refractivity contribution in [2.45, 2.75) is 6.54 Å². The normalized spacial score (nSPS) is 10.3. The minimum Gasteiger partial charge on any atom is -0.337 e. The Bertz CT molecular complexity index is 657. The van der Waals surface area contributed by atoms with Crippen LogP contribution < -0.4 is 0 Å². The second-order valence-electron chi connectivity index (χ2n) is 4.15. The number of benzene rings is 1. The molecule has 0 aliphatic carbocycles. The Morgan fingerprint density at radius 2 is 2.05 bits per heavy atom. The van der Waals surface area contributed by atoms with Crippen LogP contribution in [0.3, 0.4) is 0 Å². The average molecular weight is 355 g/mol. The van der Waals surface area contributed by atoms with Crippen molar-refractivity contribution < 1.29 is 9.72 Å². The van der Waals surface area contributed by atoms with Gasteiger partial charge in [0.15, 0.2) is 0 Å². The predicted octanol–water partition coefficient (Wildman–Crippen LogP) is 3.69. The molecule has 1 heterocycles. The average Bonchev–Trinajstić information content (AvgIpc) is 2.90. The quantitative estimate of drug-likeness (QED) is 0.621. The molecule has 1 aromatic carbocycles. The van der Waals surface area contributed by atoms with E-state index in [1.807, 2.05) is 24.3 Å². The highest BCUT2D eigenvalue weighted by molar-refractivity contribution is 9.10. The lowest BCUT2D eigenvalue weighted by Gasteiger charge is -2.17. The van der Waals surface area contributed by atoms with Gasteiger partial charge in [-0.25, -0.2) is 0 Å². The van der Waals surface area contributed by atoms with E-state index in [1.54, 1.807) is 7.05 Å². The van der Waals surface area contributed by atoms with Gasteiger partial charge >= 0.3 is 5.00 Å². The minimum atomic E-state index is -0.491. The van der Waals surface area contributed by atoms with Crippen LogP contribution in [0.1, 0.15) is 15.2 Å². The Morgan fingerprint density at radius 1 is 1.35 bits per heavy atom. The highest BCUT2D eigenvalue weighted by atomic mass is 79.9. The summed E-state index contributed by atoms with van der Waals surface area (Å²) in [7, 11) is 1.67. The van der Waals surface area contributed by atoms with Crippen molar-refractivity contribution in [3.8, 4) is 0 Å². The van der Waals surface area contributed by atoms with Crippen LogP contribution >= 0.6 is 27.3 Å². The molecule has 0 saturated carbocycles. The van der Waals surface area contributed by atoms with Gasteiger partial charge in [0.05, 0.1) is 9.80 Å². The van der Waals surface area contributed by atoms with Crippen molar-refractivity contribution in [2.75, 3.05) is 7.05 Å². The summed E-state index contributed by atoms with van der Waals surface area (Å²) in [5.41, 5.74) is 0.981. The molecule has 104 valence electrons. The number of hydrogen-bond donors (Lipinski definition) is 0. The Balaban J connectivity index is 2.12. The highest BCUT2D eigenvalue weighted by Gasteiger charge is 2.18. The summed E-state index contributed by atoms with van der Waals surface area (Å²) in [5.74, 6) is -0.223. The third kappa shape index (κ3) is 3.23. The zero-order chi connectivity index (χ0) is 14.7. The molecule has 0 spiro atoms. The largest absolute Gasteiger partial charge is 0.337 e. The molecule has 2 aromatic rings. The second-order valence-corrected chi connectivity index (χ2v) is 6.06. The molecule has 0 aliphatic rings. The minimum absolute atomic E-state index is 0.0253. The standard InChI is InChI=1S/C13H11BrN2O3S/c1-15(8-9-4-2-3-5-10(9)14)13(17)11-6-7-12(20-11)16(18)19/h2-7H,8H2,1H3. The zero-order valence-corrected chi connectivity index (χ0v) is 13.0. The summed E-state index contributed by atoms with van der Waals surface area (Å²) in [5, 5.41) is 10.6. The van der Waals surface area contributed by atoms with Crippen LogP contribution in [0.5, 0.6) is 0 Å². The van der Waals surface area contributed by atoms with Gasteiger partial charge in [-0.3, -0.25) is 14.9 Å². The molecule has 1 aromatic heterocycles. The van der Waals surface area contributed by atoms with E-state index in [2.05, 4.69) is 15.9 Å². The summed E-state index contributed by atoms with van der Waals surface area (Å²) in [6.45, 7) is 0.436. The lowest BCUT2D eigenvalue weighted by molar-refractivity contribution is -0.380. The maximum absolute atomic E-state index is 12.2. The first-order valence-electron chi connectivity index (χ1n) is 5.72. The van der Waals surface area contributed by atoms with E-state index in [0.29, 0.717) is 11.4 Å². The van der Waals surface area contributed by atoms with Crippen molar-refractivity contribution in [2.24, 2.45) is 0 Å². The fraction of sp³-hybridized carbons (Fsp3) is 0.154. The molecule has 0 saturated heterocycles. The molecule has 0 unspecified atom stereocenters. The van der Waals surface area contributed by atoms with Crippen molar-refractivity contribution >= 4 is 38.2 Å². The van der Waals surface area contributed by atoms with E-state index in [0.717, 1.165) is 21.4 Å². The first kappa shape index (κ1) is 14.7. The molecule has 5 nitrogen and oxygen atoms in total. The van der Waals surface area contributed by atoms with Crippen LogP contribution in [0, 0.1) is 10.1 Å². The molecular formula is C13H11BrN2O3S. The highest BCUT2D eigenvalue weighted by Crippen LogP contribution is 2.25. The second kappa shape index (κ2) is 6.15. The SMILES string of the molecule is CN(Cc1ccccc1Br)C(=O)c1ccc([N+](=O)[O-])s1. The number of nitro groups is 1. The number of hydrogen-bond acceptors (Lipinski definition) is 4. The maximum atomic E-state index is 12.2. The molecule has 0 radical (unpaired) electrons. The van der Waals surface area contributed by atoms with E-state index in [-0.39, 0.29) is 10.9 Å². The molecule has 7 heteroatoms. The number of halogens is 1. The number of nitrogens with zero attached hydrogens (tertiary/aromatic N) is 2. The van der Waals surface area contributed by atoms with Crippen LogP contribution in [0.25, 0.3) is 0 Å². The van der Waals surface area contributed by atoms with Gasteiger partial charge in [0, 0.05) is 24.1 Å². The van der Waals surface area contributed by atoms with Crippen LogP contribution in [-0.4, -0.2) is 22.8 Å². The molecule has 0 aliphatic heterocycles. The number of rotatable bonds is 4. The van der Waals surface area contributed by atoms with Gasteiger partial charge in [-0.1, -0.05) is 45.5 Å². The Labute approximate surface area is 128 Å². The molecule has 0 fully saturated rings. The summed E-state index contributed by atoms with van der Waals surface area (Å²) < 4.78 is 0.928. The molecular weight excluding hydrogens is 344 g/mol. The number of amides is 1. The van der Waals surface area contributed by atoms with Gasteiger partial charge in [0.1, 0.15) is 0 Å². The van der Waals surface area contributed by atoms with Crippen molar-refractivity contribution in [1.29, 1.82) is 0 Å². The van der Waals surface area contributed by atoms with Crippen LogP contribution in [-0.2, 0) is 6.54 Å². The summed E-state index contributed by atoms with van der Waals surface area (Å²) in [4.78, 5) is 24.2. The van der Waals surface area contributed by atoms with Gasteiger partial charge in [0.2, 0.25) is 0 Å². The van der Waals surface area contributed by atoms with E-state index in [9.17, 15) is 14.9 Å². The zero-order valence-electron chi connectivity index (χ0n) is 10.6. The van der Waals surface area contributed by atoms with Gasteiger partial charge < -0.3 is 4.90 Å².